The fraction of sp³-hybridized carbons (Fsp3) is 1.00. The summed E-state index contributed by atoms with van der Waals surface area (Å²) in [5.74, 6) is 1.45. The molecule has 11 nitrogen and oxygen atoms in total. The van der Waals surface area contributed by atoms with Crippen LogP contribution in [0.25, 0.3) is 0 Å². The van der Waals surface area contributed by atoms with Crippen molar-refractivity contribution in [3.8, 4) is 0 Å². The lowest BCUT2D eigenvalue weighted by Crippen LogP contribution is -2.27. The minimum absolute atomic E-state index is 0. The van der Waals surface area contributed by atoms with Crippen molar-refractivity contribution in [1.29, 1.82) is 0 Å². The standard InChI is InChI=1S/C13H27O11P3.FH.2H2/c1-2-3-10-6-11(7-10)8-12-4-5-13(22-12)9-21-26(17,18)24-27(19,20)23-25(14,15)16;;;/h10-13H,2-9H2,1H3,(H,17,18)(H,19,20)(H2,14,15,16);3*1H/t10?,11?,12-,13+;;;/m1.../s1. The second-order valence-corrected chi connectivity index (χ2v) is 11.5. The van der Waals surface area contributed by atoms with Gasteiger partial charge in [0.15, 0.2) is 0 Å². The summed E-state index contributed by atoms with van der Waals surface area (Å²) in [4.78, 5) is 35.5. The molecule has 4 N–H and O–H groups in total. The molecule has 0 aromatic rings. The van der Waals surface area contributed by atoms with Crippen LogP contribution in [0.4, 0.5) is 4.70 Å². The third-order valence-corrected chi connectivity index (χ3v) is 8.46. The summed E-state index contributed by atoms with van der Waals surface area (Å²) in [7, 11) is -15.9. The molecule has 1 saturated heterocycles. The molecule has 1 aliphatic heterocycles. The van der Waals surface area contributed by atoms with Crippen LogP contribution in [-0.2, 0) is 31.6 Å². The highest BCUT2D eigenvalue weighted by molar-refractivity contribution is 7.66. The zero-order valence-corrected chi connectivity index (χ0v) is 18.0. The van der Waals surface area contributed by atoms with Gasteiger partial charge in [-0.25, -0.2) is 13.7 Å². The maximum atomic E-state index is 11.7. The van der Waals surface area contributed by atoms with Gasteiger partial charge >= 0.3 is 23.5 Å². The lowest BCUT2D eigenvalue weighted by Gasteiger charge is -2.36. The van der Waals surface area contributed by atoms with Crippen molar-refractivity contribution < 1.29 is 58.7 Å². The molecule has 4 atom stereocenters. The van der Waals surface area contributed by atoms with Crippen molar-refractivity contribution in [3.63, 3.8) is 0 Å². The highest BCUT2D eigenvalue weighted by Gasteiger charge is 2.41. The van der Waals surface area contributed by atoms with Crippen LogP contribution in [0.2, 0.25) is 0 Å². The summed E-state index contributed by atoms with van der Waals surface area (Å²) in [6.45, 7) is 1.82. The Hall–Kier alpha value is 0.300. The second kappa shape index (κ2) is 10.6. The fourth-order valence-corrected chi connectivity index (χ4v) is 6.69. The Kier molecular flexibility index (Phi) is 9.93. The molecular formula is C13H32FO11P3. The zero-order valence-electron chi connectivity index (χ0n) is 15.4. The second-order valence-electron chi connectivity index (χ2n) is 7.07. The van der Waals surface area contributed by atoms with E-state index in [1.54, 1.807) is 0 Å². The Labute approximate surface area is 165 Å². The molecular weight excluding hydrogens is 444 g/mol. The highest BCUT2D eigenvalue weighted by Crippen LogP contribution is 2.66. The van der Waals surface area contributed by atoms with Gasteiger partial charge in [-0.2, -0.15) is 8.62 Å². The summed E-state index contributed by atoms with van der Waals surface area (Å²) in [5.41, 5.74) is 0. The Morgan fingerprint density at radius 2 is 1.57 bits per heavy atom. The molecule has 0 bridgehead atoms. The van der Waals surface area contributed by atoms with Crippen molar-refractivity contribution >= 4 is 23.5 Å². The van der Waals surface area contributed by atoms with Crippen LogP contribution < -0.4 is 0 Å². The van der Waals surface area contributed by atoms with Crippen LogP contribution in [-0.4, -0.2) is 38.4 Å². The third-order valence-electron chi connectivity index (χ3n) is 4.66. The van der Waals surface area contributed by atoms with E-state index < -0.39 is 29.6 Å². The van der Waals surface area contributed by atoms with Crippen molar-refractivity contribution in [3.05, 3.63) is 0 Å². The molecule has 0 aromatic heterocycles. The molecule has 0 amide bonds. The molecule has 0 radical (unpaired) electrons. The molecule has 28 heavy (non-hydrogen) atoms. The maximum Gasteiger partial charge on any atom is 0.490 e. The van der Waals surface area contributed by atoms with Crippen molar-refractivity contribution in [1.82, 2.24) is 0 Å². The van der Waals surface area contributed by atoms with Gasteiger partial charge in [0.25, 0.3) is 0 Å². The van der Waals surface area contributed by atoms with Crippen LogP contribution in [0, 0.1) is 11.8 Å². The highest BCUT2D eigenvalue weighted by atomic mass is 31.3. The number of phosphoric ester groups is 1. The molecule has 15 heteroatoms. The molecule has 1 aliphatic carbocycles. The molecule has 172 valence electrons. The van der Waals surface area contributed by atoms with Gasteiger partial charge in [-0.3, -0.25) is 9.23 Å². The van der Waals surface area contributed by atoms with Gasteiger partial charge in [-0.15, -0.1) is 0 Å². The minimum Gasteiger partial charge on any atom is -0.373 e. The number of phosphoric acid groups is 3. The summed E-state index contributed by atoms with van der Waals surface area (Å²) in [6.07, 6.45) is 6.78. The first-order chi connectivity index (χ1) is 12.4. The lowest BCUT2D eigenvalue weighted by atomic mass is 9.70. The number of rotatable bonds is 11. The first-order valence-electron chi connectivity index (χ1n) is 8.81. The average molecular weight is 476 g/mol. The van der Waals surface area contributed by atoms with Crippen molar-refractivity contribution in [2.24, 2.45) is 11.8 Å². The monoisotopic (exact) mass is 476 g/mol. The van der Waals surface area contributed by atoms with Crippen LogP contribution in [0.3, 0.4) is 0 Å². The van der Waals surface area contributed by atoms with E-state index in [2.05, 4.69) is 20.1 Å². The molecule has 2 rings (SSSR count). The number of ether oxygens (including phenoxy) is 1. The maximum absolute atomic E-state index is 11.7. The lowest BCUT2D eigenvalue weighted by molar-refractivity contribution is -0.00965. The van der Waals surface area contributed by atoms with Crippen LogP contribution in [0.15, 0.2) is 0 Å². The Morgan fingerprint density at radius 1 is 0.964 bits per heavy atom. The molecule has 2 unspecified atom stereocenters. The SMILES string of the molecule is CCCC1CC(C[C@H]2CC[C@@H](COP(=O)(O)OP(=O)(O)OP(=O)(O)O)O2)C1.F.[HH].[HH]. The quantitative estimate of drug-likeness (QED) is 0.320. The van der Waals surface area contributed by atoms with Crippen molar-refractivity contribution in [2.45, 2.75) is 64.1 Å². The van der Waals surface area contributed by atoms with E-state index in [0.717, 1.165) is 18.8 Å². The Morgan fingerprint density at radius 3 is 2.14 bits per heavy atom. The zero-order chi connectivity index (χ0) is 20.3. The van der Waals surface area contributed by atoms with Crippen LogP contribution in [0.1, 0.15) is 54.7 Å². The molecule has 1 heterocycles. The Bertz CT molecular complexity index is 646. The molecule has 0 aromatic carbocycles. The smallest absolute Gasteiger partial charge is 0.373 e. The minimum atomic E-state index is -5.48. The largest absolute Gasteiger partial charge is 0.490 e. The van der Waals surface area contributed by atoms with Crippen molar-refractivity contribution in [2.75, 3.05) is 6.61 Å². The van der Waals surface area contributed by atoms with Gasteiger partial charge in [0.2, 0.25) is 0 Å². The van der Waals surface area contributed by atoms with Gasteiger partial charge in [0.1, 0.15) is 0 Å². The van der Waals surface area contributed by atoms with E-state index in [1.807, 2.05) is 0 Å². The number of halogens is 1. The predicted octanol–water partition coefficient (Wildman–Crippen LogP) is 3.74. The number of hydrogen-bond donors (Lipinski definition) is 4. The normalized spacial score (nSPS) is 32.0. The number of hydrogen-bond acceptors (Lipinski definition) is 7. The van der Waals surface area contributed by atoms with Crippen LogP contribution >= 0.6 is 23.5 Å². The molecule has 0 spiro atoms. The van der Waals surface area contributed by atoms with Gasteiger partial charge in [0, 0.05) is 2.85 Å². The van der Waals surface area contributed by atoms with Gasteiger partial charge < -0.3 is 24.3 Å². The van der Waals surface area contributed by atoms with E-state index in [-0.39, 0.29) is 20.3 Å². The molecule has 1 saturated carbocycles. The van der Waals surface area contributed by atoms with E-state index in [1.165, 1.54) is 25.7 Å². The molecule has 2 fully saturated rings. The predicted molar refractivity (Wildman–Crippen MR) is 100 cm³/mol. The fourth-order valence-electron chi connectivity index (χ4n) is 3.64. The van der Waals surface area contributed by atoms with Gasteiger partial charge in [-0.05, 0) is 43.9 Å². The summed E-state index contributed by atoms with van der Waals surface area (Å²) >= 11 is 0. The first kappa shape index (κ1) is 26.3. The Balaban J connectivity index is 0. The summed E-state index contributed by atoms with van der Waals surface area (Å²) in [6, 6.07) is 0. The van der Waals surface area contributed by atoms with Crippen LogP contribution in [0.5, 0.6) is 0 Å². The summed E-state index contributed by atoms with van der Waals surface area (Å²) in [5, 5.41) is 0. The van der Waals surface area contributed by atoms with E-state index >= 15 is 0 Å². The average Bonchev–Trinajstić information content (AvgIpc) is 2.87. The van der Waals surface area contributed by atoms with E-state index in [0.29, 0.717) is 12.3 Å². The van der Waals surface area contributed by atoms with Gasteiger partial charge in [-0.1, -0.05) is 19.8 Å². The van der Waals surface area contributed by atoms with E-state index in [4.69, 9.17) is 19.4 Å². The summed E-state index contributed by atoms with van der Waals surface area (Å²) < 4.78 is 51.2. The van der Waals surface area contributed by atoms with E-state index in [9.17, 15) is 18.6 Å². The van der Waals surface area contributed by atoms with Gasteiger partial charge in [0.05, 0.1) is 18.8 Å². The topological polar surface area (TPSA) is 169 Å². The third kappa shape index (κ3) is 9.41. The molecule has 2 aliphatic rings. The first-order valence-corrected chi connectivity index (χ1v) is 13.3.